The highest BCUT2D eigenvalue weighted by atomic mass is 19.1. The Hall–Kier alpha value is -5.20. The van der Waals surface area contributed by atoms with Crippen molar-refractivity contribution < 1.29 is 23.4 Å². The molecule has 1 aliphatic rings. The molecule has 12 nitrogen and oxygen atoms in total. The fraction of sp³-hybridized carbons (Fsp3) is 0.192. The van der Waals surface area contributed by atoms with Gasteiger partial charge in [0.15, 0.2) is 29.5 Å². The van der Waals surface area contributed by atoms with Gasteiger partial charge in [0.05, 0.1) is 25.9 Å². The van der Waals surface area contributed by atoms with E-state index in [0.717, 1.165) is 4.68 Å². The van der Waals surface area contributed by atoms with E-state index in [1.807, 2.05) is 0 Å². The molecule has 13 heteroatoms. The molecule has 0 spiro atoms. The number of nitrogens with two attached hydrogens (primary N) is 1. The summed E-state index contributed by atoms with van der Waals surface area (Å²) in [6, 6.07) is 9.98. The number of halogens is 1. The minimum atomic E-state index is -1.07. The van der Waals surface area contributed by atoms with E-state index < -0.39 is 17.5 Å². The Morgan fingerprint density at radius 3 is 2.69 bits per heavy atom. The van der Waals surface area contributed by atoms with E-state index in [4.69, 9.17) is 25.4 Å². The number of hydrogen-bond acceptors (Lipinski definition) is 9. The summed E-state index contributed by atoms with van der Waals surface area (Å²) >= 11 is 0. The van der Waals surface area contributed by atoms with E-state index in [1.54, 1.807) is 30.3 Å². The zero-order valence-corrected chi connectivity index (χ0v) is 20.7. The van der Waals surface area contributed by atoms with Gasteiger partial charge in [0.2, 0.25) is 11.5 Å². The Kier molecular flexibility index (Phi) is 6.95. The quantitative estimate of drug-likeness (QED) is 0.151. The first-order valence-corrected chi connectivity index (χ1v) is 11.9. The highest BCUT2D eigenvalue weighted by Crippen LogP contribution is 2.45. The van der Waals surface area contributed by atoms with Gasteiger partial charge in [0.1, 0.15) is 11.9 Å². The Balaban J connectivity index is 1.67. The summed E-state index contributed by atoms with van der Waals surface area (Å²) < 4.78 is 33.9. The third-order valence-electron chi connectivity index (χ3n) is 6.04. The molecule has 2 aromatic carbocycles. The number of aromatic nitrogens is 4. The van der Waals surface area contributed by atoms with Gasteiger partial charge in [0, 0.05) is 29.4 Å². The molecule has 2 aromatic heterocycles. The molecular weight excluding hydrogens is 509 g/mol. The zero-order valence-electron chi connectivity index (χ0n) is 20.7. The van der Waals surface area contributed by atoms with Crippen molar-refractivity contribution in [2.24, 2.45) is 5.73 Å². The first-order valence-electron chi connectivity index (χ1n) is 11.9. The Bertz CT molecular complexity index is 1600. The van der Waals surface area contributed by atoms with Crippen molar-refractivity contribution >= 4 is 17.8 Å². The van der Waals surface area contributed by atoms with Crippen LogP contribution in [-0.4, -0.2) is 52.2 Å². The number of nitrogens with one attached hydrogen (secondary N) is 3. The average molecular weight is 534 g/mol. The maximum absolute atomic E-state index is 16.1. The summed E-state index contributed by atoms with van der Waals surface area (Å²) in [7, 11) is 1.42. The number of ether oxygens (including phenoxy) is 3. The monoisotopic (exact) mass is 533 g/mol. The number of anilines is 1. The summed E-state index contributed by atoms with van der Waals surface area (Å²) in [5.41, 5.74) is 6.07. The van der Waals surface area contributed by atoms with Crippen molar-refractivity contribution in [2.75, 3.05) is 25.6 Å². The number of methoxy groups -OCH3 is 1. The molecule has 5 N–H and O–H groups in total. The summed E-state index contributed by atoms with van der Waals surface area (Å²) in [6.07, 6.45) is 2.53. The van der Waals surface area contributed by atoms with Gasteiger partial charge in [-0.1, -0.05) is 0 Å². The van der Waals surface area contributed by atoms with Crippen LogP contribution >= 0.6 is 0 Å². The van der Waals surface area contributed by atoms with Crippen LogP contribution in [0.15, 0.2) is 53.5 Å². The van der Waals surface area contributed by atoms with Gasteiger partial charge >= 0.3 is 5.69 Å². The second-order valence-electron chi connectivity index (χ2n) is 8.52. The second-order valence-corrected chi connectivity index (χ2v) is 8.52. The molecule has 0 aliphatic carbocycles. The third-order valence-corrected chi connectivity index (χ3v) is 6.04. The van der Waals surface area contributed by atoms with Crippen molar-refractivity contribution in [3.05, 3.63) is 87.5 Å². The van der Waals surface area contributed by atoms with Crippen molar-refractivity contribution in [2.45, 2.75) is 12.5 Å². The van der Waals surface area contributed by atoms with E-state index in [-0.39, 0.29) is 52.5 Å². The molecule has 5 rings (SSSR count). The molecule has 0 bridgehead atoms. The van der Waals surface area contributed by atoms with Crippen LogP contribution in [0.25, 0.3) is 5.82 Å². The molecule has 200 valence electrons. The number of hydrogen-bond donors (Lipinski definition) is 4. The third kappa shape index (κ3) is 4.89. The lowest BCUT2D eigenvalue weighted by atomic mass is 10.0. The largest absolute Gasteiger partial charge is 0.493 e. The zero-order chi connectivity index (χ0) is 27.5. The number of aromatic amines is 1. The van der Waals surface area contributed by atoms with E-state index >= 15 is 4.39 Å². The molecule has 39 heavy (non-hydrogen) atoms. The number of pyridine rings is 1. The van der Waals surface area contributed by atoms with Gasteiger partial charge in [-0.15, -0.1) is 5.10 Å². The minimum absolute atomic E-state index is 0.0151. The Labute approximate surface area is 221 Å². The highest BCUT2D eigenvalue weighted by molar-refractivity contribution is 5.95. The number of benzene rings is 2. The van der Waals surface area contributed by atoms with Crippen molar-refractivity contribution in [1.29, 1.82) is 5.41 Å². The van der Waals surface area contributed by atoms with Crippen LogP contribution in [0, 0.1) is 11.2 Å². The van der Waals surface area contributed by atoms with Gasteiger partial charge in [-0.05, 0) is 42.5 Å². The topological polar surface area (TPSA) is 170 Å². The molecule has 1 unspecified atom stereocenters. The van der Waals surface area contributed by atoms with E-state index in [0.29, 0.717) is 30.6 Å². The first kappa shape index (κ1) is 25.4. The molecule has 0 radical (unpaired) electrons. The minimum Gasteiger partial charge on any atom is -0.493 e. The summed E-state index contributed by atoms with van der Waals surface area (Å²) in [6.45, 7) is 0.563. The number of carbonyl (C=O) groups is 1. The van der Waals surface area contributed by atoms with Crippen LogP contribution in [0.1, 0.15) is 39.8 Å². The SMILES string of the molecule is COc1cc(C(Nc2ccc(C(=N)N)cc2)c2nn(-c3ncccc3C=O)c(=O)[nH]2)c(F)c2c1OCCCO2. The molecule has 4 aromatic rings. The summed E-state index contributed by atoms with van der Waals surface area (Å²) in [5.74, 6) is -0.542. The van der Waals surface area contributed by atoms with Crippen molar-refractivity contribution in [3.8, 4) is 23.1 Å². The van der Waals surface area contributed by atoms with Gasteiger partial charge in [-0.25, -0.2) is 14.2 Å². The maximum atomic E-state index is 16.1. The number of nitrogens with zero attached hydrogens (tertiary/aromatic N) is 3. The molecular formula is C26H24FN7O5. The lowest BCUT2D eigenvalue weighted by molar-refractivity contribution is 0.112. The lowest BCUT2D eigenvalue weighted by Gasteiger charge is -2.22. The van der Waals surface area contributed by atoms with Crippen LogP contribution < -0.4 is 31.0 Å². The standard InChI is InChI=1S/C26H24FN7O5/c1-37-18-12-17(19(27)22-21(18)38-10-3-11-39-22)20(31-16-7-5-14(6-8-16)23(28)29)24-32-26(36)34(33-24)25-15(13-35)4-2-9-30-25/h2,4-9,12-13,20,31H,3,10-11H2,1H3,(H3,28,29)(H,32,33,36). The van der Waals surface area contributed by atoms with Gasteiger partial charge in [-0.3, -0.25) is 15.2 Å². The normalized spacial score (nSPS) is 13.3. The van der Waals surface area contributed by atoms with Gasteiger partial charge in [-0.2, -0.15) is 4.68 Å². The fourth-order valence-electron chi connectivity index (χ4n) is 4.15. The Morgan fingerprint density at radius 2 is 2.00 bits per heavy atom. The molecule has 3 heterocycles. The second kappa shape index (κ2) is 10.7. The number of aldehydes is 1. The smallest absolute Gasteiger partial charge is 0.349 e. The van der Waals surface area contributed by atoms with E-state index in [9.17, 15) is 9.59 Å². The molecule has 1 aliphatic heterocycles. The highest BCUT2D eigenvalue weighted by Gasteiger charge is 2.31. The maximum Gasteiger partial charge on any atom is 0.349 e. The first-order chi connectivity index (χ1) is 18.9. The van der Waals surface area contributed by atoms with Crippen LogP contribution in [0.3, 0.4) is 0 Å². The predicted molar refractivity (Wildman–Crippen MR) is 139 cm³/mol. The number of carbonyl (C=O) groups excluding carboxylic acids is 1. The van der Waals surface area contributed by atoms with Crippen LogP contribution in [0.4, 0.5) is 10.1 Å². The van der Waals surface area contributed by atoms with E-state index in [2.05, 4.69) is 20.4 Å². The molecule has 0 saturated heterocycles. The molecule has 0 amide bonds. The summed E-state index contributed by atoms with van der Waals surface area (Å²) in [4.78, 5) is 31.3. The number of amidine groups is 1. The lowest BCUT2D eigenvalue weighted by Crippen LogP contribution is -2.18. The van der Waals surface area contributed by atoms with Crippen LogP contribution in [0.5, 0.6) is 17.2 Å². The fourth-order valence-corrected chi connectivity index (χ4v) is 4.15. The molecule has 1 atom stereocenters. The number of nitrogen functional groups attached to an aromatic ring is 1. The average Bonchev–Trinajstić information content (AvgIpc) is 3.15. The Morgan fingerprint density at radius 1 is 1.26 bits per heavy atom. The molecule has 0 fully saturated rings. The van der Waals surface area contributed by atoms with Crippen molar-refractivity contribution in [1.82, 2.24) is 19.7 Å². The van der Waals surface area contributed by atoms with Crippen LogP contribution in [-0.2, 0) is 0 Å². The number of fused-ring (bicyclic) bond motifs is 1. The van der Waals surface area contributed by atoms with E-state index in [1.165, 1.54) is 25.4 Å². The van der Waals surface area contributed by atoms with Crippen LogP contribution in [0.2, 0.25) is 0 Å². The predicted octanol–water partition coefficient (Wildman–Crippen LogP) is 2.56. The number of H-pyrrole nitrogens is 1. The van der Waals surface area contributed by atoms with Gasteiger partial charge < -0.3 is 25.3 Å². The van der Waals surface area contributed by atoms with Crippen molar-refractivity contribution in [3.63, 3.8) is 0 Å². The van der Waals surface area contributed by atoms with Gasteiger partial charge in [0.25, 0.3) is 0 Å². The number of rotatable bonds is 8. The molecule has 0 saturated carbocycles. The summed E-state index contributed by atoms with van der Waals surface area (Å²) in [5, 5.41) is 15.2.